The maximum atomic E-state index is 11.8. The second-order valence-electron chi connectivity index (χ2n) is 5.43. The molecule has 1 aromatic carbocycles. The molecular weight excluding hydrogens is 324 g/mol. The lowest BCUT2D eigenvalue weighted by atomic mass is 10.1. The minimum absolute atomic E-state index is 0.0152. The standard InChI is InChI=1S/C18H22N2O3S/c1-13-5-6-15(12-14(13)2)24-11-7-17(21)19-8-9-20-18(22)16-4-3-10-23-16/h3-6,10,12H,7-9,11H2,1-2H3,(H,19,21)(H,20,22). The van der Waals surface area contributed by atoms with Gasteiger partial charge in [-0.3, -0.25) is 9.59 Å². The van der Waals surface area contributed by atoms with E-state index in [1.54, 1.807) is 23.9 Å². The Bertz CT molecular complexity index is 684. The number of rotatable bonds is 8. The Morgan fingerprint density at radius 3 is 2.58 bits per heavy atom. The Labute approximate surface area is 146 Å². The number of hydrogen-bond donors (Lipinski definition) is 2. The number of furan rings is 1. The summed E-state index contributed by atoms with van der Waals surface area (Å²) in [4.78, 5) is 24.6. The van der Waals surface area contributed by atoms with E-state index >= 15 is 0 Å². The summed E-state index contributed by atoms with van der Waals surface area (Å²) in [5.41, 5.74) is 2.53. The number of thioether (sulfide) groups is 1. The minimum atomic E-state index is -0.278. The van der Waals surface area contributed by atoms with E-state index in [1.807, 2.05) is 0 Å². The van der Waals surface area contributed by atoms with Crippen LogP contribution in [-0.2, 0) is 4.79 Å². The Hall–Kier alpha value is -2.21. The molecule has 128 valence electrons. The van der Waals surface area contributed by atoms with Gasteiger partial charge in [-0.1, -0.05) is 6.07 Å². The van der Waals surface area contributed by atoms with Crippen molar-refractivity contribution in [3.8, 4) is 0 Å². The molecule has 0 aliphatic rings. The van der Waals surface area contributed by atoms with Crippen molar-refractivity contribution in [1.82, 2.24) is 10.6 Å². The number of carbonyl (C=O) groups excluding carboxylic acids is 2. The van der Waals surface area contributed by atoms with Crippen molar-refractivity contribution in [3.05, 3.63) is 53.5 Å². The summed E-state index contributed by atoms with van der Waals surface area (Å²) in [6, 6.07) is 9.57. The summed E-state index contributed by atoms with van der Waals surface area (Å²) in [6.07, 6.45) is 1.90. The summed E-state index contributed by atoms with van der Waals surface area (Å²) in [6.45, 7) is 4.94. The quantitative estimate of drug-likeness (QED) is 0.569. The van der Waals surface area contributed by atoms with Crippen LogP contribution < -0.4 is 10.6 Å². The molecule has 0 aliphatic carbocycles. The van der Waals surface area contributed by atoms with Crippen molar-refractivity contribution < 1.29 is 14.0 Å². The molecule has 0 saturated heterocycles. The maximum absolute atomic E-state index is 11.8. The van der Waals surface area contributed by atoms with Crippen LogP contribution in [0.3, 0.4) is 0 Å². The van der Waals surface area contributed by atoms with E-state index < -0.39 is 0 Å². The van der Waals surface area contributed by atoms with E-state index in [2.05, 4.69) is 42.7 Å². The van der Waals surface area contributed by atoms with Gasteiger partial charge in [0.25, 0.3) is 5.91 Å². The first-order valence-electron chi connectivity index (χ1n) is 7.84. The third-order valence-electron chi connectivity index (χ3n) is 3.55. The van der Waals surface area contributed by atoms with E-state index in [4.69, 9.17) is 4.42 Å². The lowest BCUT2D eigenvalue weighted by Gasteiger charge is -2.07. The molecule has 0 aliphatic heterocycles. The highest BCUT2D eigenvalue weighted by molar-refractivity contribution is 7.99. The molecule has 2 rings (SSSR count). The van der Waals surface area contributed by atoms with Crippen molar-refractivity contribution in [2.45, 2.75) is 25.2 Å². The molecule has 2 aromatic rings. The fraction of sp³-hybridized carbons (Fsp3) is 0.333. The van der Waals surface area contributed by atoms with Crippen LogP contribution in [0.4, 0.5) is 0 Å². The molecule has 24 heavy (non-hydrogen) atoms. The van der Waals surface area contributed by atoms with Crippen LogP contribution in [0.15, 0.2) is 45.9 Å². The Morgan fingerprint density at radius 1 is 1.08 bits per heavy atom. The predicted octanol–water partition coefficient (Wildman–Crippen LogP) is 2.92. The van der Waals surface area contributed by atoms with E-state index in [1.165, 1.54) is 22.3 Å². The van der Waals surface area contributed by atoms with E-state index in [0.717, 1.165) is 5.75 Å². The average Bonchev–Trinajstić information content (AvgIpc) is 3.09. The zero-order valence-corrected chi connectivity index (χ0v) is 14.7. The largest absolute Gasteiger partial charge is 0.459 e. The smallest absolute Gasteiger partial charge is 0.287 e. The highest BCUT2D eigenvalue weighted by atomic mass is 32.2. The van der Waals surface area contributed by atoms with E-state index in [9.17, 15) is 9.59 Å². The fourth-order valence-corrected chi connectivity index (χ4v) is 2.97. The molecule has 1 heterocycles. The van der Waals surface area contributed by atoms with Crippen LogP contribution in [0.5, 0.6) is 0 Å². The lowest BCUT2D eigenvalue weighted by molar-refractivity contribution is -0.120. The summed E-state index contributed by atoms with van der Waals surface area (Å²) < 4.78 is 4.98. The van der Waals surface area contributed by atoms with Crippen molar-refractivity contribution in [2.75, 3.05) is 18.8 Å². The first kappa shape index (κ1) is 18.1. The molecule has 0 saturated carbocycles. The van der Waals surface area contributed by atoms with Crippen molar-refractivity contribution >= 4 is 23.6 Å². The highest BCUT2D eigenvalue weighted by Gasteiger charge is 2.07. The van der Waals surface area contributed by atoms with Crippen LogP contribution in [0.25, 0.3) is 0 Å². The van der Waals surface area contributed by atoms with Gasteiger partial charge in [-0.05, 0) is 49.2 Å². The topological polar surface area (TPSA) is 71.3 Å². The summed E-state index contributed by atoms with van der Waals surface area (Å²) >= 11 is 1.67. The Kier molecular flexibility index (Phi) is 6.93. The molecule has 0 atom stereocenters. The van der Waals surface area contributed by atoms with Gasteiger partial charge in [0.1, 0.15) is 0 Å². The van der Waals surface area contributed by atoms with Gasteiger partial charge < -0.3 is 15.1 Å². The molecule has 2 N–H and O–H groups in total. The van der Waals surface area contributed by atoms with Gasteiger partial charge in [-0.25, -0.2) is 0 Å². The SMILES string of the molecule is Cc1ccc(SCCC(=O)NCCNC(=O)c2ccco2)cc1C. The Balaban J connectivity index is 1.58. The fourth-order valence-electron chi connectivity index (χ4n) is 2.03. The zero-order valence-electron chi connectivity index (χ0n) is 13.9. The van der Waals surface area contributed by atoms with Gasteiger partial charge in [0.05, 0.1) is 6.26 Å². The number of hydrogen-bond acceptors (Lipinski definition) is 4. The van der Waals surface area contributed by atoms with Crippen LogP contribution in [0, 0.1) is 13.8 Å². The molecule has 1 aromatic heterocycles. The molecule has 2 amide bonds. The first-order valence-corrected chi connectivity index (χ1v) is 8.83. The van der Waals surface area contributed by atoms with Gasteiger partial charge in [0, 0.05) is 30.2 Å². The lowest BCUT2D eigenvalue weighted by Crippen LogP contribution is -2.34. The third kappa shape index (κ3) is 5.77. The number of benzene rings is 1. The number of carbonyl (C=O) groups is 2. The molecule has 0 bridgehead atoms. The van der Waals surface area contributed by atoms with Crippen LogP contribution in [0.1, 0.15) is 28.1 Å². The average molecular weight is 346 g/mol. The van der Waals surface area contributed by atoms with E-state index in [0.29, 0.717) is 19.5 Å². The number of nitrogens with one attached hydrogen (secondary N) is 2. The summed E-state index contributed by atoms with van der Waals surface area (Å²) in [7, 11) is 0. The molecule has 0 unspecified atom stereocenters. The van der Waals surface area contributed by atoms with Gasteiger partial charge in [-0.15, -0.1) is 11.8 Å². The predicted molar refractivity (Wildman–Crippen MR) is 95.3 cm³/mol. The highest BCUT2D eigenvalue weighted by Crippen LogP contribution is 2.21. The van der Waals surface area contributed by atoms with Crippen LogP contribution in [0.2, 0.25) is 0 Å². The van der Waals surface area contributed by atoms with Crippen molar-refractivity contribution in [2.24, 2.45) is 0 Å². The third-order valence-corrected chi connectivity index (χ3v) is 4.55. The maximum Gasteiger partial charge on any atom is 0.287 e. The molecule has 5 nitrogen and oxygen atoms in total. The van der Waals surface area contributed by atoms with Crippen molar-refractivity contribution in [1.29, 1.82) is 0 Å². The number of aryl methyl sites for hydroxylation is 2. The van der Waals surface area contributed by atoms with Gasteiger partial charge in [0.15, 0.2) is 5.76 Å². The molecule has 0 spiro atoms. The summed E-state index contributed by atoms with van der Waals surface area (Å²) in [5, 5.41) is 5.47. The number of amides is 2. The summed E-state index contributed by atoms with van der Waals surface area (Å²) in [5.74, 6) is 0.705. The molecule has 6 heteroatoms. The van der Waals surface area contributed by atoms with Gasteiger partial charge in [-0.2, -0.15) is 0 Å². The second kappa shape index (κ2) is 9.17. The molecule has 0 radical (unpaired) electrons. The monoisotopic (exact) mass is 346 g/mol. The molecular formula is C18H22N2O3S. The first-order chi connectivity index (χ1) is 11.6. The van der Waals surface area contributed by atoms with Crippen LogP contribution >= 0.6 is 11.8 Å². The Morgan fingerprint density at radius 2 is 1.88 bits per heavy atom. The van der Waals surface area contributed by atoms with Crippen LogP contribution in [-0.4, -0.2) is 30.7 Å². The normalized spacial score (nSPS) is 10.4. The van der Waals surface area contributed by atoms with Gasteiger partial charge >= 0.3 is 0 Å². The van der Waals surface area contributed by atoms with E-state index in [-0.39, 0.29) is 17.6 Å². The zero-order chi connectivity index (χ0) is 17.4. The van der Waals surface area contributed by atoms with Gasteiger partial charge in [0.2, 0.25) is 5.91 Å². The second-order valence-corrected chi connectivity index (χ2v) is 6.60. The molecule has 0 fully saturated rings. The van der Waals surface area contributed by atoms with Crippen molar-refractivity contribution in [3.63, 3.8) is 0 Å². The minimum Gasteiger partial charge on any atom is -0.459 e.